The molecule has 1 saturated carbocycles. The van der Waals surface area contributed by atoms with Gasteiger partial charge in [-0.1, -0.05) is 0 Å². The maximum Gasteiger partial charge on any atom is 0.214 e. The summed E-state index contributed by atoms with van der Waals surface area (Å²) in [6, 6.07) is 7.84. The Labute approximate surface area is 145 Å². The maximum atomic E-state index is 11.9. The summed E-state index contributed by atoms with van der Waals surface area (Å²) in [5.74, 6) is 1.40. The van der Waals surface area contributed by atoms with Crippen molar-refractivity contribution in [1.29, 1.82) is 0 Å². The van der Waals surface area contributed by atoms with Crippen LogP contribution in [0.1, 0.15) is 39.5 Å². The van der Waals surface area contributed by atoms with Crippen molar-refractivity contribution >= 4 is 15.7 Å². The van der Waals surface area contributed by atoms with Crippen LogP contribution in [0.5, 0.6) is 5.75 Å². The summed E-state index contributed by atoms with van der Waals surface area (Å²) in [4.78, 5) is 0. The molecule has 0 aromatic heterocycles. The van der Waals surface area contributed by atoms with E-state index < -0.39 is 10.0 Å². The van der Waals surface area contributed by atoms with E-state index in [1.54, 1.807) is 21.0 Å². The van der Waals surface area contributed by atoms with Crippen molar-refractivity contribution < 1.29 is 13.2 Å². The molecule has 0 radical (unpaired) electrons. The van der Waals surface area contributed by atoms with Crippen molar-refractivity contribution in [3.63, 3.8) is 0 Å². The van der Waals surface area contributed by atoms with Crippen LogP contribution < -0.4 is 20.3 Å². The molecule has 2 rings (SSSR count). The number of methoxy groups -OCH3 is 1. The minimum atomic E-state index is -3.16. The minimum absolute atomic E-state index is 0.0863. The normalized spacial score (nSPS) is 21.7. The lowest BCUT2D eigenvalue weighted by molar-refractivity contribution is 0.307. The highest BCUT2D eigenvalue weighted by Gasteiger charge is 2.26. The molecule has 136 valence electrons. The van der Waals surface area contributed by atoms with Gasteiger partial charge in [-0.15, -0.1) is 0 Å². The topological polar surface area (TPSA) is 79.5 Å². The third-order valence-corrected chi connectivity index (χ3v) is 6.41. The second kappa shape index (κ2) is 8.69. The Morgan fingerprint density at radius 3 is 2.29 bits per heavy atom. The Balaban J connectivity index is 1.67. The van der Waals surface area contributed by atoms with Crippen molar-refractivity contribution in [3.8, 4) is 5.75 Å². The van der Waals surface area contributed by atoms with Gasteiger partial charge in [0.15, 0.2) is 0 Å². The SMILES string of the molecule is COc1ccc(NNCC2CCC(NS(=O)(=O)C(C)C)CC2)cc1. The van der Waals surface area contributed by atoms with E-state index in [1.807, 2.05) is 24.3 Å². The summed E-state index contributed by atoms with van der Waals surface area (Å²) < 4.78 is 31.8. The van der Waals surface area contributed by atoms with Crippen LogP contribution >= 0.6 is 0 Å². The van der Waals surface area contributed by atoms with E-state index in [1.165, 1.54) is 0 Å². The second-order valence-electron chi connectivity index (χ2n) is 6.66. The number of benzene rings is 1. The monoisotopic (exact) mass is 355 g/mol. The molecular weight excluding hydrogens is 326 g/mol. The predicted octanol–water partition coefficient (Wildman–Crippen LogP) is 2.50. The Bertz CT molecular complexity index is 594. The van der Waals surface area contributed by atoms with Gasteiger partial charge in [-0.25, -0.2) is 18.6 Å². The van der Waals surface area contributed by atoms with Gasteiger partial charge in [-0.05, 0) is 69.7 Å². The molecule has 1 aliphatic rings. The highest BCUT2D eigenvalue weighted by molar-refractivity contribution is 7.90. The lowest BCUT2D eigenvalue weighted by atomic mass is 9.86. The van der Waals surface area contributed by atoms with Gasteiger partial charge in [0.1, 0.15) is 5.75 Å². The quantitative estimate of drug-likeness (QED) is 0.625. The molecule has 0 unspecified atom stereocenters. The first kappa shape index (κ1) is 19.0. The van der Waals surface area contributed by atoms with E-state index in [4.69, 9.17) is 4.74 Å². The third-order valence-electron chi connectivity index (χ3n) is 4.51. The molecule has 1 aromatic rings. The Morgan fingerprint density at radius 1 is 1.12 bits per heavy atom. The molecule has 0 spiro atoms. The van der Waals surface area contributed by atoms with Crippen molar-refractivity contribution in [3.05, 3.63) is 24.3 Å². The molecule has 1 aromatic carbocycles. The zero-order chi connectivity index (χ0) is 17.6. The number of hydrogen-bond donors (Lipinski definition) is 3. The molecule has 0 atom stereocenters. The zero-order valence-corrected chi connectivity index (χ0v) is 15.5. The molecule has 0 amide bonds. The van der Waals surface area contributed by atoms with Gasteiger partial charge in [-0.3, -0.25) is 0 Å². The molecule has 3 N–H and O–H groups in total. The zero-order valence-electron chi connectivity index (χ0n) is 14.7. The third kappa shape index (κ3) is 5.65. The minimum Gasteiger partial charge on any atom is -0.497 e. The lowest BCUT2D eigenvalue weighted by Crippen LogP contribution is -2.42. The van der Waals surface area contributed by atoms with E-state index in [2.05, 4.69) is 15.6 Å². The van der Waals surface area contributed by atoms with Crippen LogP contribution in [0.2, 0.25) is 0 Å². The first-order valence-electron chi connectivity index (χ1n) is 8.55. The number of ether oxygens (including phenoxy) is 1. The largest absolute Gasteiger partial charge is 0.497 e. The number of hydrazine groups is 1. The smallest absolute Gasteiger partial charge is 0.214 e. The molecule has 7 heteroatoms. The van der Waals surface area contributed by atoms with E-state index in [9.17, 15) is 8.42 Å². The van der Waals surface area contributed by atoms with Gasteiger partial charge < -0.3 is 10.2 Å². The summed E-state index contributed by atoms with van der Waals surface area (Å²) in [6.45, 7) is 4.29. The highest BCUT2D eigenvalue weighted by Crippen LogP contribution is 2.24. The predicted molar refractivity (Wildman–Crippen MR) is 97.6 cm³/mol. The summed E-state index contributed by atoms with van der Waals surface area (Å²) in [6.07, 6.45) is 3.87. The lowest BCUT2D eigenvalue weighted by Gasteiger charge is -2.29. The Hall–Kier alpha value is -1.31. The number of hydrogen-bond acceptors (Lipinski definition) is 5. The first-order valence-corrected chi connectivity index (χ1v) is 10.1. The fourth-order valence-corrected chi connectivity index (χ4v) is 3.80. The Morgan fingerprint density at radius 2 is 1.75 bits per heavy atom. The van der Waals surface area contributed by atoms with Crippen LogP contribution in [0.3, 0.4) is 0 Å². The standard InChI is InChI=1S/C17H29N3O3S/c1-13(2)24(21,22)20-16-6-4-14(5-7-16)12-18-19-15-8-10-17(23-3)11-9-15/h8-11,13-14,16,18-20H,4-7,12H2,1-3H3. The van der Waals surface area contributed by atoms with Gasteiger partial charge in [-0.2, -0.15) is 0 Å². The average Bonchev–Trinajstić information content (AvgIpc) is 2.56. The summed E-state index contributed by atoms with van der Waals surface area (Å²) in [7, 11) is -1.51. The van der Waals surface area contributed by atoms with Crippen molar-refractivity contribution in [2.24, 2.45) is 5.92 Å². The van der Waals surface area contributed by atoms with Gasteiger partial charge in [0, 0.05) is 18.3 Å². The molecule has 0 bridgehead atoms. The van der Waals surface area contributed by atoms with Gasteiger partial charge in [0.2, 0.25) is 10.0 Å². The van der Waals surface area contributed by atoms with E-state index in [-0.39, 0.29) is 11.3 Å². The van der Waals surface area contributed by atoms with Crippen LogP contribution in [0.4, 0.5) is 5.69 Å². The Kier molecular flexibility index (Phi) is 6.89. The molecule has 1 aliphatic carbocycles. The van der Waals surface area contributed by atoms with Crippen molar-refractivity contribution in [1.82, 2.24) is 10.1 Å². The number of nitrogens with one attached hydrogen (secondary N) is 3. The second-order valence-corrected chi connectivity index (χ2v) is 8.93. The van der Waals surface area contributed by atoms with Crippen LogP contribution in [0.25, 0.3) is 0 Å². The number of sulfonamides is 1. The van der Waals surface area contributed by atoms with Crippen LogP contribution in [-0.2, 0) is 10.0 Å². The fourth-order valence-electron chi connectivity index (χ4n) is 2.82. The molecule has 0 aliphatic heterocycles. The molecule has 0 saturated heterocycles. The summed E-state index contributed by atoms with van der Waals surface area (Å²) in [5, 5.41) is -0.370. The molecule has 24 heavy (non-hydrogen) atoms. The van der Waals surface area contributed by atoms with E-state index in [0.29, 0.717) is 5.92 Å². The fraction of sp³-hybridized carbons (Fsp3) is 0.647. The van der Waals surface area contributed by atoms with E-state index >= 15 is 0 Å². The summed E-state index contributed by atoms with van der Waals surface area (Å²) in [5.41, 5.74) is 7.45. The first-order chi connectivity index (χ1) is 11.4. The van der Waals surface area contributed by atoms with E-state index in [0.717, 1.165) is 43.7 Å². The van der Waals surface area contributed by atoms with Crippen LogP contribution in [0.15, 0.2) is 24.3 Å². The average molecular weight is 356 g/mol. The van der Waals surface area contributed by atoms with Gasteiger partial charge in [0.25, 0.3) is 0 Å². The number of anilines is 1. The molecular formula is C17H29N3O3S. The number of rotatable bonds is 8. The van der Waals surface area contributed by atoms with Crippen LogP contribution in [-0.4, -0.2) is 33.4 Å². The highest BCUT2D eigenvalue weighted by atomic mass is 32.2. The molecule has 1 fully saturated rings. The van der Waals surface area contributed by atoms with Gasteiger partial charge in [0.05, 0.1) is 12.4 Å². The van der Waals surface area contributed by atoms with Gasteiger partial charge >= 0.3 is 0 Å². The molecule has 6 nitrogen and oxygen atoms in total. The summed E-state index contributed by atoms with van der Waals surface area (Å²) >= 11 is 0. The van der Waals surface area contributed by atoms with Crippen LogP contribution in [0, 0.1) is 5.92 Å². The van der Waals surface area contributed by atoms with Crippen molar-refractivity contribution in [2.75, 3.05) is 19.1 Å². The maximum absolute atomic E-state index is 11.9. The van der Waals surface area contributed by atoms with Crippen molar-refractivity contribution in [2.45, 2.75) is 50.8 Å². The molecule has 0 heterocycles.